The number of carbonyl (C=O) groups is 3. The van der Waals surface area contributed by atoms with Gasteiger partial charge >= 0.3 is 12.1 Å². The Morgan fingerprint density at radius 3 is 2.12 bits per heavy atom. The smallest absolute Gasteiger partial charge is 0.407 e. The maximum Gasteiger partial charge on any atom is 0.407 e. The molecule has 0 spiro atoms. The van der Waals surface area contributed by atoms with Crippen molar-refractivity contribution in [1.29, 1.82) is 0 Å². The Labute approximate surface area is 200 Å². The SMILES string of the molecule is CCCC(CNC(=O)C(NC(=O)OCC1c2ccccc2-c2ccccc21)C(C)CC)C(=O)O. The number of alkyl carbamates (subject to hydrolysis) is 1. The van der Waals surface area contributed by atoms with Gasteiger partial charge in [-0.1, -0.05) is 82.1 Å². The van der Waals surface area contributed by atoms with Crippen LogP contribution < -0.4 is 10.6 Å². The van der Waals surface area contributed by atoms with E-state index in [4.69, 9.17) is 4.74 Å². The van der Waals surface area contributed by atoms with E-state index in [0.717, 1.165) is 22.3 Å². The van der Waals surface area contributed by atoms with Crippen molar-refractivity contribution >= 4 is 18.0 Å². The fourth-order valence-electron chi connectivity index (χ4n) is 4.46. The Morgan fingerprint density at radius 1 is 1.00 bits per heavy atom. The Balaban J connectivity index is 1.63. The van der Waals surface area contributed by atoms with Gasteiger partial charge in [-0.25, -0.2) is 4.79 Å². The highest BCUT2D eigenvalue weighted by atomic mass is 16.5. The molecule has 7 heteroatoms. The van der Waals surface area contributed by atoms with Crippen LogP contribution in [0.5, 0.6) is 0 Å². The number of ether oxygens (including phenoxy) is 1. The number of benzene rings is 2. The highest BCUT2D eigenvalue weighted by molar-refractivity contribution is 5.86. The maximum absolute atomic E-state index is 12.8. The zero-order chi connectivity index (χ0) is 24.7. The minimum atomic E-state index is -0.938. The van der Waals surface area contributed by atoms with E-state index in [-0.39, 0.29) is 25.0 Å². The second-order valence-corrected chi connectivity index (χ2v) is 8.90. The Hall–Kier alpha value is -3.35. The van der Waals surface area contributed by atoms with Crippen molar-refractivity contribution in [2.45, 2.75) is 52.0 Å². The number of amides is 2. The molecule has 7 nitrogen and oxygen atoms in total. The normalized spacial score (nSPS) is 14.9. The van der Waals surface area contributed by atoms with Gasteiger partial charge in [0.15, 0.2) is 0 Å². The maximum atomic E-state index is 12.8. The number of hydrogen-bond donors (Lipinski definition) is 3. The lowest BCUT2D eigenvalue weighted by molar-refractivity contribution is -0.142. The number of hydrogen-bond acceptors (Lipinski definition) is 4. The van der Waals surface area contributed by atoms with Crippen LogP contribution in [0, 0.1) is 11.8 Å². The fourth-order valence-corrected chi connectivity index (χ4v) is 4.46. The molecule has 0 bridgehead atoms. The summed E-state index contributed by atoms with van der Waals surface area (Å²) < 4.78 is 5.59. The van der Waals surface area contributed by atoms with Crippen molar-refractivity contribution in [3.05, 3.63) is 59.7 Å². The summed E-state index contributed by atoms with van der Waals surface area (Å²) in [6.45, 7) is 5.89. The topological polar surface area (TPSA) is 105 Å². The highest BCUT2D eigenvalue weighted by Crippen LogP contribution is 2.44. The lowest BCUT2D eigenvalue weighted by atomic mass is 9.97. The third-order valence-corrected chi connectivity index (χ3v) is 6.62. The van der Waals surface area contributed by atoms with Crippen LogP contribution in [0.1, 0.15) is 57.1 Å². The lowest BCUT2D eigenvalue weighted by Crippen LogP contribution is -2.51. The van der Waals surface area contributed by atoms with E-state index < -0.39 is 29.9 Å². The average molecular weight is 467 g/mol. The molecule has 0 fully saturated rings. The van der Waals surface area contributed by atoms with Gasteiger partial charge in [0.25, 0.3) is 0 Å². The minimum absolute atomic E-state index is 0.0291. The number of carboxylic acid groups (broad SMARTS) is 1. The van der Waals surface area contributed by atoms with Gasteiger partial charge in [0.2, 0.25) is 5.91 Å². The van der Waals surface area contributed by atoms with Gasteiger partial charge in [-0.15, -0.1) is 0 Å². The number of nitrogens with one attached hydrogen (secondary N) is 2. The van der Waals surface area contributed by atoms with E-state index in [9.17, 15) is 19.5 Å². The number of aliphatic carboxylic acids is 1. The van der Waals surface area contributed by atoms with Crippen LogP contribution in [0.3, 0.4) is 0 Å². The quantitative estimate of drug-likeness (QED) is 0.450. The largest absolute Gasteiger partial charge is 0.481 e. The Bertz CT molecular complexity index is 976. The molecule has 0 aliphatic heterocycles. The zero-order valence-electron chi connectivity index (χ0n) is 20.0. The molecule has 0 saturated heterocycles. The van der Waals surface area contributed by atoms with Crippen molar-refractivity contribution < 1.29 is 24.2 Å². The first kappa shape index (κ1) is 25.3. The number of carboxylic acids is 1. The van der Waals surface area contributed by atoms with E-state index in [1.54, 1.807) is 0 Å². The molecule has 1 aliphatic carbocycles. The molecule has 182 valence electrons. The molecular formula is C27H34N2O5. The zero-order valence-corrected chi connectivity index (χ0v) is 20.0. The van der Waals surface area contributed by atoms with Gasteiger partial charge in [-0.3, -0.25) is 9.59 Å². The predicted molar refractivity (Wildman–Crippen MR) is 130 cm³/mol. The second-order valence-electron chi connectivity index (χ2n) is 8.90. The van der Waals surface area contributed by atoms with Gasteiger partial charge in [0, 0.05) is 12.5 Å². The molecule has 0 aromatic heterocycles. The first-order valence-electron chi connectivity index (χ1n) is 12.0. The minimum Gasteiger partial charge on any atom is -0.481 e. The summed E-state index contributed by atoms with van der Waals surface area (Å²) in [6, 6.07) is 15.4. The standard InChI is InChI=1S/C27H34N2O5/c1-4-10-18(26(31)32)15-28-25(30)24(17(3)5-2)29-27(33)34-16-23-21-13-8-6-11-19(21)20-12-7-9-14-22(20)23/h6-9,11-14,17-18,23-24H,4-5,10,15-16H2,1-3H3,(H,28,30)(H,29,33)(H,31,32). The van der Waals surface area contributed by atoms with E-state index in [0.29, 0.717) is 19.3 Å². The summed E-state index contributed by atoms with van der Waals surface area (Å²) in [5.41, 5.74) is 4.51. The first-order valence-corrected chi connectivity index (χ1v) is 12.0. The molecule has 2 aromatic carbocycles. The van der Waals surface area contributed by atoms with Crippen molar-refractivity contribution in [1.82, 2.24) is 10.6 Å². The number of rotatable bonds is 11. The lowest BCUT2D eigenvalue weighted by Gasteiger charge is -2.24. The average Bonchev–Trinajstić information content (AvgIpc) is 3.16. The molecular weight excluding hydrogens is 432 g/mol. The third kappa shape index (κ3) is 5.76. The predicted octanol–water partition coefficient (Wildman–Crippen LogP) is 4.56. The molecule has 3 N–H and O–H groups in total. The van der Waals surface area contributed by atoms with Gasteiger partial charge in [-0.05, 0) is 34.6 Å². The third-order valence-electron chi connectivity index (χ3n) is 6.62. The summed E-state index contributed by atoms with van der Waals surface area (Å²) in [7, 11) is 0. The monoisotopic (exact) mass is 466 g/mol. The molecule has 34 heavy (non-hydrogen) atoms. The van der Waals surface area contributed by atoms with E-state index in [1.165, 1.54) is 0 Å². The van der Waals surface area contributed by atoms with Crippen LogP contribution in [0.2, 0.25) is 0 Å². The molecule has 1 aliphatic rings. The van der Waals surface area contributed by atoms with Crippen molar-refractivity contribution in [2.75, 3.05) is 13.2 Å². The van der Waals surface area contributed by atoms with Gasteiger partial charge in [0.05, 0.1) is 5.92 Å². The van der Waals surface area contributed by atoms with E-state index in [1.807, 2.05) is 57.2 Å². The van der Waals surface area contributed by atoms with Crippen LogP contribution >= 0.6 is 0 Å². The van der Waals surface area contributed by atoms with Crippen LogP contribution in [0.4, 0.5) is 4.79 Å². The Morgan fingerprint density at radius 2 is 1.59 bits per heavy atom. The van der Waals surface area contributed by atoms with Crippen LogP contribution in [0.15, 0.2) is 48.5 Å². The molecule has 0 radical (unpaired) electrons. The van der Waals surface area contributed by atoms with E-state index >= 15 is 0 Å². The first-order chi connectivity index (χ1) is 16.4. The summed E-state index contributed by atoms with van der Waals surface area (Å²) in [6.07, 6.45) is 1.19. The molecule has 2 aromatic rings. The highest BCUT2D eigenvalue weighted by Gasteiger charge is 2.31. The Kier molecular flexibility index (Phi) is 8.68. The molecule has 3 atom stereocenters. The molecule has 3 unspecified atom stereocenters. The summed E-state index contributed by atoms with van der Waals surface area (Å²) in [5.74, 6) is -2.20. The summed E-state index contributed by atoms with van der Waals surface area (Å²) >= 11 is 0. The fraction of sp³-hybridized carbons (Fsp3) is 0.444. The van der Waals surface area contributed by atoms with Gasteiger partial charge in [-0.2, -0.15) is 0 Å². The van der Waals surface area contributed by atoms with Crippen LogP contribution in [0.25, 0.3) is 11.1 Å². The van der Waals surface area contributed by atoms with E-state index in [2.05, 4.69) is 22.8 Å². The number of fused-ring (bicyclic) bond motifs is 3. The number of carbonyl (C=O) groups excluding carboxylic acids is 2. The van der Waals surface area contributed by atoms with Gasteiger partial charge in [0.1, 0.15) is 12.6 Å². The molecule has 3 rings (SSSR count). The molecule has 2 amide bonds. The van der Waals surface area contributed by atoms with Crippen molar-refractivity contribution in [2.24, 2.45) is 11.8 Å². The molecule has 0 heterocycles. The summed E-state index contributed by atoms with van der Waals surface area (Å²) in [4.78, 5) is 36.9. The molecule has 0 saturated carbocycles. The second kappa shape index (κ2) is 11.7. The van der Waals surface area contributed by atoms with Gasteiger partial charge < -0.3 is 20.5 Å². The van der Waals surface area contributed by atoms with Crippen LogP contribution in [-0.4, -0.2) is 42.3 Å². The summed E-state index contributed by atoms with van der Waals surface area (Å²) in [5, 5.41) is 14.7. The van der Waals surface area contributed by atoms with Crippen molar-refractivity contribution in [3.63, 3.8) is 0 Å². The van der Waals surface area contributed by atoms with Crippen LogP contribution in [-0.2, 0) is 14.3 Å². The van der Waals surface area contributed by atoms with Crippen molar-refractivity contribution in [3.8, 4) is 11.1 Å².